The van der Waals surface area contributed by atoms with Crippen LogP contribution in [0.4, 0.5) is 5.69 Å². The molecule has 9 heteroatoms. The van der Waals surface area contributed by atoms with Crippen molar-refractivity contribution in [2.24, 2.45) is 11.8 Å². The van der Waals surface area contributed by atoms with Crippen molar-refractivity contribution in [2.45, 2.75) is 83.1 Å². The molecule has 2 unspecified atom stereocenters. The fraction of sp³-hybridized carbons (Fsp3) is 0.654. The summed E-state index contributed by atoms with van der Waals surface area (Å²) >= 11 is 6.39. The molecule has 1 spiro atoms. The van der Waals surface area contributed by atoms with Crippen molar-refractivity contribution in [2.75, 3.05) is 18.5 Å². The van der Waals surface area contributed by atoms with Gasteiger partial charge in [0.2, 0.25) is 17.7 Å². The van der Waals surface area contributed by atoms with Crippen LogP contribution in [0, 0.1) is 18.8 Å². The molecule has 3 N–H and O–H groups in total. The molecule has 192 valence electrons. The van der Waals surface area contributed by atoms with Gasteiger partial charge in [-0.15, -0.1) is 0 Å². The third kappa shape index (κ3) is 3.85. The van der Waals surface area contributed by atoms with Crippen LogP contribution in [-0.4, -0.2) is 64.2 Å². The molecule has 3 amide bonds. The van der Waals surface area contributed by atoms with Gasteiger partial charge in [-0.1, -0.05) is 44.5 Å². The van der Waals surface area contributed by atoms with E-state index >= 15 is 0 Å². The van der Waals surface area contributed by atoms with Crippen LogP contribution in [0.15, 0.2) is 18.2 Å². The van der Waals surface area contributed by atoms with Gasteiger partial charge in [-0.05, 0) is 50.7 Å². The van der Waals surface area contributed by atoms with Gasteiger partial charge in [-0.25, -0.2) is 0 Å². The van der Waals surface area contributed by atoms with E-state index in [1.165, 1.54) is 4.90 Å². The van der Waals surface area contributed by atoms with Gasteiger partial charge < -0.3 is 25.4 Å². The Bertz CT molecular complexity index is 994. The van der Waals surface area contributed by atoms with Crippen molar-refractivity contribution in [3.8, 4) is 0 Å². The number of para-hydroxylation sites is 1. The van der Waals surface area contributed by atoms with E-state index in [-0.39, 0.29) is 18.4 Å². The predicted molar refractivity (Wildman–Crippen MR) is 133 cm³/mol. The molecule has 3 heterocycles. The van der Waals surface area contributed by atoms with Crippen molar-refractivity contribution in [3.05, 3.63) is 28.8 Å². The Morgan fingerprint density at radius 1 is 1.26 bits per heavy atom. The number of nitrogens with one attached hydrogen (secondary N) is 2. The molecule has 3 saturated heterocycles. The molecule has 3 aliphatic heterocycles. The standard InChI is InChI=1S/C26H36ClN3O5/c1-5-13-28-22(32)18-19-24(34)30(16(6-2)14-31)21(26(19)12-11-25(18,7-3)35-26)23(33)29-20-15(4)9-8-10-17(20)27/h8-10,16,18-19,21,31H,5-7,11-14H2,1-4H3,(H,28,32)(H,29,33)/t16-,18+,19-,21?,25-,26?/m0/s1. The first-order valence-electron chi connectivity index (χ1n) is 12.7. The maximum absolute atomic E-state index is 14.0. The van der Waals surface area contributed by atoms with E-state index in [1.54, 1.807) is 12.1 Å². The highest BCUT2D eigenvalue weighted by Gasteiger charge is 2.79. The smallest absolute Gasteiger partial charge is 0.250 e. The van der Waals surface area contributed by atoms with E-state index in [9.17, 15) is 19.5 Å². The second-order valence-electron chi connectivity index (χ2n) is 10.0. The lowest BCUT2D eigenvalue weighted by Gasteiger charge is -2.37. The van der Waals surface area contributed by atoms with Crippen molar-refractivity contribution in [1.82, 2.24) is 10.2 Å². The number of anilines is 1. The summed E-state index contributed by atoms with van der Waals surface area (Å²) in [5.74, 6) is -2.37. The van der Waals surface area contributed by atoms with Crippen molar-refractivity contribution < 1.29 is 24.2 Å². The molecule has 0 aliphatic carbocycles. The van der Waals surface area contributed by atoms with Gasteiger partial charge in [0.15, 0.2) is 0 Å². The molecule has 6 atom stereocenters. The number of halogens is 1. The fourth-order valence-electron chi connectivity index (χ4n) is 6.50. The first-order chi connectivity index (χ1) is 16.7. The van der Waals surface area contributed by atoms with E-state index in [0.29, 0.717) is 42.9 Å². The zero-order chi connectivity index (χ0) is 25.5. The second-order valence-corrected chi connectivity index (χ2v) is 10.4. The van der Waals surface area contributed by atoms with Crippen molar-refractivity contribution in [1.29, 1.82) is 0 Å². The number of rotatable bonds is 9. The molecule has 0 saturated carbocycles. The zero-order valence-corrected chi connectivity index (χ0v) is 21.7. The molecule has 8 nitrogen and oxygen atoms in total. The lowest BCUT2D eigenvalue weighted by Crippen LogP contribution is -2.56. The molecule has 2 bridgehead atoms. The lowest BCUT2D eigenvalue weighted by molar-refractivity contribution is -0.149. The van der Waals surface area contributed by atoms with Crippen LogP contribution in [0.2, 0.25) is 5.02 Å². The minimum absolute atomic E-state index is 0.200. The number of aliphatic hydroxyl groups excluding tert-OH is 1. The summed E-state index contributed by atoms with van der Waals surface area (Å²) < 4.78 is 6.71. The van der Waals surface area contributed by atoms with Gasteiger partial charge in [0.1, 0.15) is 11.6 Å². The number of aryl methyl sites for hydroxylation is 1. The summed E-state index contributed by atoms with van der Waals surface area (Å²) in [6, 6.07) is 3.80. The maximum Gasteiger partial charge on any atom is 0.250 e. The molecule has 1 aromatic rings. The number of hydrogen-bond donors (Lipinski definition) is 3. The maximum atomic E-state index is 14.0. The number of likely N-dealkylation sites (tertiary alicyclic amines) is 1. The highest BCUT2D eigenvalue weighted by Crippen LogP contribution is 2.64. The summed E-state index contributed by atoms with van der Waals surface area (Å²) in [4.78, 5) is 42.8. The van der Waals surface area contributed by atoms with Crippen LogP contribution in [0.5, 0.6) is 0 Å². The Kier molecular flexibility index (Phi) is 7.19. The van der Waals surface area contributed by atoms with E-state index in [1.807, 2.05) is 33.8 Å². The summed E-state index contributed by atoms with van der Waals surface area (Å²) in [6.07, 6.45) is 2.89. The molecular weight excluding hydrogens is 470 g/mol. The number of nitrogens with zero attached hydrogens (tertiary/aromatic N) is 1. The third-order valence-electron chi connectivity index (χ3n) is 8.24. The summed E-state index contributed by atoms with van der Waals surface area (Å²) in [6.45, 7) is 7.88. The van der Waals surface area contributed by atoms with Crippen LogP contribution in [0.1, 0.15) is 58.4 Å². The molecule has 4 rings (SSSR count). The van der Waals surface area contributed by atoms with E-state index in [2.05, 4.69) is 10.6 Å². The molecule has 0 radical (unpaired) electrons. The first kappa shape index (κ1) is 25.9. The fourth-order valence-corrected chi connectivity index (χ4v) is 6.77. The number of amides is 3. The van der Waals surface area contributed by atoms with Gasteiger partial charge in [0.25, 0.3) is 0 Å². The van der Waals surface area contributed by atoms with Crippen LogP contribution < -0.4 is 10.6 Å². The Morgan fingerprint density at radius 2 is 2.00 bits per heavy atom. The quantitative estimate of drug-likeness (QED) is 0.478. The SMILES string of the molecule is CCCNC(=O)[C@H]1[C@H]2C(=O)N([C@@H](CC)CO)C(C(=O)Nc3c(C)cccc3Cl)C23CC[C@]1(CC)O3. The number of carbonyl (C=O) groups excluding carboxylic acids is 3. The average molecular weight is 506 g/mol. The van der Waals surface area contributed by atoms with E-state index in [4.69, 9.17) is 16.3 Å². The first-order valence-corrected chi connectivity index (χ1v) is 13.1. The van der Waals surface area contributed by atoms with Gasteiger partial charge in [-0.3, -0.25) is 14.4 Å². The molecular formula is C26H36ClN3O5. The summed E-state index contributed by atoms with van der Waals surface area (Å²) in [5, 5.41) is 16.4. The third-order valence-corrected chi connectivity index (χ3v) is 8.56. The number of fused-ring (bicyclic) bond motifs is 1. The molecule has 35 heavy (non-hydrogen) atoms. The number of aliphatic hydroxyl groups is 1. The normalized spacial score (nSPS) is 32.0. The van der Waals surface area contributed by atoms with Gasteiger partial charge in [0.05, 0.1) is 40.8 Å². The van der Waals surface area contributed by atoms with Gasteiger partial charge in [-0.2, -0.15) is 0 Å². The Balaban J connectivity index is 1.79. The minimum atomic E-state index is -1.14. The number of carbonyl (C=O) groups is 3. The summed E-state index contributed by atoms with van der Waals surface area (Å²) in [7, 11) is 0. The van der Waals surface area contributed by atoms with Crippen LogP contribution in [-0.2, 0) is 19.1 Å². The molecule has 1 aromatic carbocycles. The number of benzene rings is 1. The van der Waals surface area contributed by atoms with E-state index in [0.717, 1.165) is 12.0 Å². The average Bonchev–Trinajstić information content (AvgIpc) is 3.45. The highest BCUT2D eigenvalue weighted by atomic mass is 35.5. The second kappa shape index (κ2) is 9.71. The molecule has 3 aliphatic rings. The van der Waals surface area contributed by atoms with Crippen LogP contribution >= 0.6 is 11.6 Å². The Hall–Kier alpha value is -2.16. The van der Waals surface area contributed by atoms with Crippen LogP contribution in [0.3, 0.4) is 0 Å². The van der Waals surface area contributed by atoms with E-state index < -0.39 is 41.0 Å². The monoisotopic (exact) mass is 505 g/mol. The topological polar surface area (TPSA) is 108 Å². The largest absolute Gasteiger partial charge is 0.394 e. The van der Waals surface area contributed by atoms with Crippen molar-refractivity contribution in [3.63, 3.8) is 0 Å². The van der Waals surface area contributed by atoms with Crippen LogP contribution in [0.25, 0.3) is 0 Å². The minimum Gasteiger partial charge on any atom is -0.394 e. The van der Waals surface area contributed by atoms with Gasteiger partial charge >= 0.3 is 0 Å². The zero-order valence-electron chi connectivity index (χ0n) is 20.9. The lowest BCUT2D eigenvalue weighted by atomic mass is 9.65. The molecule has 0 aromatic heterocycles. The highest BCUT2D eigenvalue weighted by molar-refractivity contribution is 6.34. The Labute approximate surface area is 211 Å². The Morgan fingerprint density at radius 3 is 2.60 bits per heavy atom. The van der Waals surface area contributed by atoms with Gasteiger partial charge in [0, 0.05) is 6.54 Å². The predicted octanol–water partition coefficient (Wildman–Crippen LogP) is 3.04. The summed E-state index contributed by atoms with van der Waals surface area (Å²) in [5.41, 5.74) is -0.644. The van der Waals surface area contributed by atoms with Crippen molar-refractivity contribution >= 4 is 35.0 Å². The molecule has 3 fully saturated rings. The number of hydrogen-bond acceptors (Lipinski definition) is 5. The number of ether oxygens (including phenoxy) is 1.